The van der Waals surface area contributed by atoms with Crippen molar-refractivity contribution in [3.05, 3.63) is 34.3 Å². The molecule has 1 rings (SSSR count). The lowest BCUT2D eigenvalue weighted by Crippen LogP contribution is -2.06. The molecule has 0 bridgehead atoms. The number of halogens is 4. The summed E-state index contributed by atoms with van der Waals surface area (Å²) in [6.07, 6.45) is -4.64. The van der Waals surface area contributed by atoms with Crippen LogP contribution in [0.3, 0.4) is 0 Å². The fourth-order valence-corrected chi connectivity index (χ4v) is 1.05. The molecule has 0 amide bonds. The van der Waals surface area contributed by atoms with Gasteiger partial charge in [0.2, 0.25) is 0 Å². The fraction of sp³-hybridized carbons (Fsp3) is 0.125. The Hall–Kier alpha value is -1.23. The van der Waals surface area contributed by atoms with Crippen LogP contribution in [0.1, 0.15) is 17.3 Å². The molecule has 0 heterocycles. The zero-order valence-corrected chi connectivity index (χ0v) is 7.28. The van der Waals surface area contributed by atoms with E-state index in [1.54, 1.807) is 0 Å². The van der Waals surface area contributed by atoms with Crippen LogP contribution in [0.15, 0.2) is 18.2 Å². The average molecular weight is 226 g/mol. The van der Waals surface area contributed by atoms with Gasteiger partial charge >= 0.3 is 12.1 Å². The first kappa shape index (κ1) is 9.33. The van der Waals surface area contributed by atoms with Crippen LogP contribution in [0.5, 0.6) is 0 Å². The summed E-state index contributed by atoms with van der Waals surface area (Å²) in [5.41, 5.74) is -1.77. The summed E-state index contributed by atoms with van der Waals surface area (Å²) in [6.45, 7) is 0. The van der Waals surface area contributed by atoms with E-state index in [2.05, 4.69) is 0 Å². The normalized spacial score (nSPS) is 12.4. The van der Waals surface area contributed by atoms with E-state index >= 15 is 0 Å². The largest absolute Gasteiger partial charge is 0.478 e. The molecule has 14 heavy (non-hydrogen) atoms. The van der Waals surface area contributed by atoms with E-state index in [-0.39, 0.29) is 0 Å². The number of carbonyl (C=O) groups is 1. The zero-order chi connectivity index (χ0) is 11.8. The Labute approximate surface area is 83.3 Å². The molecule has 0 radical (unpaired) electrons. The highest BCUT2D eigenvalue weighted by atomic mass is 35.5. The molecule has 0 aromatic heterocycles. The molecule has 0 aliphatic rings. The summed E-state index contributed by atoms with van der Waals surface area (Å²) in [5, 5.41) is 7.96. The molecule has 0 saturated carbocycles. The summed E-state index contributed by atoms with van der Waals surface area (Å²) in [5.74, 6) is -1.53. The lowest BCUT2D eigenvalue weighted by Gasteiger charge is -2.07. The van der Waals surface area contributed by atoms with Gasteiger partial charge in [0.1, 0.15) is 0 Å². The van der Waals surface area contributed by atoms with E-state index in [9.17, 15) is 18.0 Å². The van der Waals surface area contributed by atoms with E-state index in [0.717, 1.165) is 0 Å². The quantitative estimate of drug-likeness (QED) is 0.798. The summed E-state index contributed by atoms with van der Waals surface area (Å²) in [6, 6.07) is 0.153. The second kappa shape index (κ2) is 3.49. The summed E-state index contributed by atoms with van der Waals surface area (Å²) >= 11 is 5.33. The van der Waals surface area contributed by atoms with Crippen molar-refractivity contribution in [3.8, 4) is 0 Å². The van der Waals surface area contributed by atoms with Crippen molar-refractivity contribution >= 4 is 17.6 Å². The van der Waals surface area contributed by atoms with Gasteiger partial charge in [0.15, 0.2) is 0 Å². The van der Waals surface area contributed by atoms with Gasteiger partial charge in [0, 0.05) is 0 Å². The maximum atomic E-state index is 12.2. The highest BCUT2D eigenvalue weighted by Gasteiger charge is 2.31. The molecule has 1 aromatic rings. The SMILES string of the molecule is [2H]c1cc(C(F)(F)F)cc(Cl)c1C(=O)O. The van der Waals surface area contributed by atoms with Crippen LogP contribution in [0.4, 0.5) is 13.2 Å². The molecule has 0 aliphatic heterocycles. The molecule has 1 N–H and O–H groups in total. The molecular weight excluding hydrogens is 221 g/mol. The van der Waals surface area contributed by atoms with Crippen molar-refractivity contribution in [3.63, 3.8) is 0 Å². The third-order valence-electron chi connectivity index (χ3n) is 1.43. The van der Waals surface area contributed by atoms with E-state index in [4.69, 9.17) is 18.1 Å². The maximum Gasteiger partial charge on any atom is 0.416 e. The van der Waals surface area contributed by atoms with Crippen LogP contribution in [0, 0.1) is 0 Å². The first-order chi connectivity index (χ1) is 6.73. The minimum absolute atomic E-state index is 0.426. The first-order valence-electron chi connectivity index (χ1n) is 3.84. The number of aromatic carboxylic acids is 1. The van der Waals surface area contributed by atoms with E-state index < -0.39 is 34.3 Å². The smallest absolute Gasteiger partial charge is 0.416 e. The minimum Gasteiger partial charge on any atom is -0.478 e. The zero-order valence-electron chi connectivity index (χ0n) is 7.52. The van der Waals surface area contributed by atoms with Crippen molar-refractivity contribution in [2.75, 3.05) is 0 Å². The van der Waals surface area contributed by atoms with Crippen LogP contribution >= 0.6 is 11.6 Å². The lowest BCUT2D eigenvalue weighted by atomic mass is 10.1. The van der Waals surface area contributed by atoms with E-state index in [0.29, 0.717) is 12.1 Å². The van der Waals surface area contributed by atoms with Crippen LogP contribution in [-0.2, 0) is 6.18 Å². The molecule has 0 fully saturated rings. The van der Waals surface area contributed by atoms with Gasteiger partial charge in [-0.2, -0.15) is 13.2 Å². The summed E-state index contributed by atoms with van der Waals surface area (Å²) < 4.78 is 43.7. The number of hydrogen-bond acceptors (Lipinski definition) is 1. The van der Waals surface area contributed by atoms with Crippen molar-refractivity contribution < 1.29 is 24.4 Å². The molecule has 0 unspecified atom stereocenters. The van der Waals surface area contributed by atoms with Gasteiger partial charge in [-0.05, 0) is 18.2 Å². The fourth-order valence-electron chi connectivity index (χ4n) is 0.797. The van der Waals surface area contributed by atoms with Crippen LogP contribution in [-0.4, -0.2) is 11.1 Å². The first-order valence-corrected chi connectivity index (χ1v) is 3.72. The Balaban J connectivity index is 3.39. The number of carboxylic acid groups (broad SMARTS) is 1. The van der Waals surface area contributed by atoms with Gasteiger partial charge < -0.3 is 5.11 Å². The minimum atomic E-state index is -4.64. The van der Waals surface area contributed by atoms with Gasteiger partial charge in [0.05, 0.1) is 17.5 Å². The van der Waals surface area contributed by atoms with Crippen molar-refractivity contribution in [1.82, 2.24) is 0 Å². The average Bonchev–Trinajstić information content (AvgIpc) is 1.99. The number of alkyl halides is 3. The molecule has 0 atom stereocenters. The molecule has 76 valence electrons. The summed E-state index contributed by atoms with van der Waals surface area (Å²) in [7, 11) is 0. The van der Waals surface area contributed by atoms with Gasteiger partial charge in [-0.1, -0.05) is 11.6 Å². The van der Waals surface area contributed by atoms with Gasteiger partial charge in [-0.3, -0.25) is 0 Å². The number of benzene rings is 1. The standard InChI is InChI=1S/C8H4ClF3O2/c9-6-3-4(8(10,11)12)1-2-5(6)7(13)14/h1-3H,(H,13,14)/i2D. The lowest BCUT2D eigenvalue weighted by molar-refractivity contribution is -0.137. The Kier molecular flexibility index (Phi) is 2.33. The van der Waals surface area contributed by atoms with Gasteiger partial charge in [-0.15, -0.1) is 0 Å². The third-order valence-corrected chi connectivity index (χ3v) is 1.73. The maximum absolute atomic E-state index is 12.2. The highest BCUT2D eigenvalue weighted by molar-refractivity contribution is 6.33. The second-order valence-corrected chi connectivity index (χ2v) is 2.82. The summed E-state index contributed by atoms with van der Waals surface area (Å²) in [4.78, 5) is 10.5. The van der Waals surface area contributed by atoms with Gasteiger partial charge in [-0.25, -0.2) is 4.79 Å². The predicted molar refractivity (Wildman–Crippen MR) is 43.4 cm³/mol. The molecular formula is C8H4ClF3O2. The van der Waals surface area contributed by atoms with Crippen molar-refractivity contribution in [2.24, 2.45) is 0 Å². The molecule has 6 heteroatoms. The second-order valence-electron chi connectivity index (χ2n) is 2.41. The monoisotopic (exact) mass is 225 g/mol. The molecule has 1 aromatic carbocycles. The Morgan fingerprint density at radius 2 is 2.14 bits per heavy atom. The molecule has 0 aliphatic carbocycles. The highest BCUT2D eigenvalue weighted by Crippen LogP contribution is 2.31. The molecule has 0 spiro atoms. The third kappa shape index (κ3) is 2.17. The van der Waals surface area contributed by atoms with Crippen LogP contribution in [0.25, 0.3) is 0 Å². The van der Waals surface area contributed by atoms with Crippen molar-refractivity contribution in [2.45, 2.75) is 6.18 Å². The van der Waals surface area contributed by atoms with Gasteiger partial charge in [0.25, 0.3) is 0 Å². The Morgan fingerprint density at radius 1 is 1.57 bits per heavy atom. The Bertz CT molecular complexity index is 394. The number of hydrogen-bond donors (Lipinski definition) is 1. The number of carboxylic acids is 1. The van der Waals surface area contributed by atoms with Crippen LogP contribution in [0.2, 0.25) is 5.02 Å². The van der Waals surface area contributed by atoms with Crippen LogP contribution < -0.4 is 0 Å². The van der Waals surface area contributed by atoms with E-state index in [1.165, 1.54) is 0 Å². The van der Waals surface area contributed by atoms with Crippen molar-refractivity contribution in [1.29, 1.82) is 0 Å². The topological polar surface area (TPSA) is 37.3 Å². The van der Waals surface area contributed by atoms with E-state index in [1.807, 2.05) is 0 Å². The predicted octanol–water partition coefficient (Wildman–Crippen LogP) is 3.06. The Morgan fingerprint density at radius 3 is 2.50 bits per heavy atom. The molecule has 2 nitrogen and oxygen atoms in total. The molecule has 0 saturated heterocycles. The number of rotatable bonds is 1.